The molecule has 18 heavy (non-hydrogen) atoms. The summed E-state index contributed by atoms with van der Waals surface area (Å²) in [5.41, 5.74) is 5.91. The number of hydrogen-bond acceptors (Lipinski definition) is 4. The first-order chi connectivity index (χ1) is 8.33. The zero-order valence-electron chi connectivity index (χ0n) is 9.62. The third-order valence-corrected chi connectivity index (χ3v) is 2.72. The quantitative estimate of drug-likeness (QED) is 0.842. The lowest BCUT2D eigenvalue weighted by Crippen LogP contribution is -2.20. The van der Waals surface area contributed by atoms with E-state index in [-0.39, 0.29) is 17.4 Å². The van der Waals surface area contributed by atoms with Crippen molar-refractivity contribution >= 4 is 11.8 Å². The molecule has 1 fully saturated rings. The molecule has 0 amide bonds. The van der Waals surface area contributed by atoms with E-state index in [2.05, 4.69) is 9.84 Å². The molecule has 5 nitrogen and oxygen atoms in total. The summed E-state index contributed by atoms with van der Waals surface area (Å²) in [4.78, 5) is 11.5. The maximum atomic E-state index is 12.3. The van der Waals surface area contributed by atoms with E-state index in [1.165, 1.54) is 0 Å². The van der Waals surface area contributed by atoms with Gasteiger partial charge in [-0.25, -0.2) is 9.48 Å². The van der Waals surface area contributed by atoms with Crippen LogP contribution in [-0.4, -0.2) is 29.0 Å². The van der Waals surface area contributed by atoms with Gasteiger partial charge in [0.05, 0.1) is 7.11 Å². The van der Waals surface area contributed by atoms with Crippen LogP contribution in [0.25, 0.3) is 0 Å². The Morgan fingerprint density at radius 2 is 2.17 bits per heavy atom. The first-order valence-corrected chi connectivity index (χ1v) is 5.34. The second-order valence-corrected chi connectivity index (χ2v) is 4.19. The molecule has 2 rings (SSSR count). The number of aromatic nitrogens is 2. The number of anilines is 1. The number of ether oxygens (including phenoxy) is 1. The van der Waals surface area contributed by atoms with Gasteiger partial charge in [-0.2, -0.15) is 18.3 Å². The molecule has 0 radical (unpaired) electrons. The van der Waals surface area contributed by atoms with E-state index >= 15 is 0 Å². The van der Waals surface area contributed by atoms with Crippen molar-refractivity contribution in [1.29, 1.82) is 0 Å². The van der Waals surface area contributed by atoms with Crippen molar-refractivity contribution in [2.24, 2.45) is 0 Å². The molecular weight excluding hydrogens is 251 g/mol. The zero-order valence-corrected chi connectivity index (χ0v) is 9.62. The number of rotatable bonds is 3. The van der Waals surface area contributed by atoms with Crippen LogP contribution in [0.15, 0.2) is 0 Å². The maximum absolute atomic E-state index is 12.3. The van der Waals surface area contributed by atoms with Gasteiger partial charge < -0.3 is 10.5 Å². The fraction of sp³-hybridized carbons (Fsp3) is 0.600. The molecule has 1 aliphatic rings. The van der Waals surface area contributed by atoms with Gasteiger partial charge in [0, 0.05) is 5.56 Å². The van der Waals surface area contributed by atoms with Crippen molar-refractivity contribution in [2.45, 2.75) is 31.5 Å². The summed E-state index contributed by atoms with van der Waals surface area (Å²) in [5.74, 6) is -0.846. The number of halogens is 3. The molecule has 2 N–H and O–H groups in total. The van der Waals surface area contributed by atoms with Gasteiger partial charge in [0.2, 0.25) is 0 Å². The van der Waals surface area contributed by atoms with Gasteiger partial charge in [-0.3, -0.25) is 0 Å². The Hall–Kier alpha value is -1.73. The van der Waals surface area contributed by atoms with E-state index in [9.17, 15) is 18.0 Å². The molecule has 0 saturated heterocycles. The fourth-order valence-corrected chi connectivity index (χ4v) is 1.80. The van der Waals surface area contributed by atoms with E-state index < -0.39 is 18.7 Å². The van der Waals surface area contributed by atoms with Crippen LogP contribution in [0.3, 0.4) is 0 Å². The van der Waals surface area contributed by atoms with Crippen LogP contribution in [0, 0.1) is 0 Å². The summed E-state index contributed by atoms with van der Waals surface area (Å²) in [7, 11) is 1.15. The molecule has 0 spiro atoms. The standard InChI is InChI=1S/C10H12F3N3O2/c1-18-9(17)7-6(5-2-3-5)8(14)16(15-7)4-10(11,12)13/h5H,2-4,14H2,1H3. The Labute approximate surface area is 101 Å². The van der Waals surface area contributed by atoms with E-state index in [0.717, 1.165) is 20.0 Å². The molecule has 8 heteroatoms. The fourth-order valence-electron chi connectivity index (χ4n) is 1.80. The molecule has 0 aliphatic heterocycles. The Morgan fingerprint density at radius 1 is 1.56 bits per heavy atom. The highest BCUT2D eigenvalue weighted by Gasteiger charge is 2.37. The van der Waals surface area contributed by atoms with E-state index in [4.69, 9.17) is 5.73 Å². The highest BCUT2D eigenvalue weighted by atomic mass is 19.4. The molecule has 1 aliphatic carbocycles. The van der Waals surface area contributed by atoms with Crippen molar-refractivity contribution in [3.05, 3.63) is 11.3 Å². The topological polar surface area (TPSA) is 70.1 Å². The summed E-state index contributed by atoms with van der Waals surface area (Å²) < 4.78 is 42.1. The summed E-state index contributed by atoms with van der Waals surface area (Å²) in [6.07, 6.45) is -2.84. The van der Waals surface area contributed by atoms with E-state index in [0.29, 0.717) is 10.2 Å². The SMILES string of the molecule is COC(=O)c1nn(CC(F)(F)F)c(N)c1C1CC1. The minimum atomic E-state index is -4.44. The maximum Gasteiger partial charge on any atom is 0.408 e. The van der Waals surface area contributed by atoms with Crippen molar-refractivity contribution in [3.63, 3.8) is 0 Å². The summed E-state index contributed by atoms with van der Waals surface area (Å²) in [6, 6.07) is 0. The third-order valence-electron chi connectivity index (χ3n) is 2.72. The minimum absolute atomic E-state index is 0.0149. The molecule has 0 bridgehead atoms. The number of hydrogen-bond donors (Lipinski definition) is 1. The Bertz CT molecular complexity index is 477. The number of methoxy groups -OCH3 is 1. The number of nitrogens with two attached hydrogens (primary N) is 1. The zero-order chi connectivity index (χ0) is 13.5. The van der Waals surface area contributed by atoms with Gasteiger partial charge in [0.15, 0.2) is 5.69 Å². The molecule has 0 unspecified atom stereocenters. The highest BCUT2D eigenvalue weighted by Crippen LogP contribution is 2.44. The second-order valence-electron chi connectivity index (χ2n) is 4.19. The van der Waals surface area contributed by atoms with Crippen molar-refractivity contribution in [3.8, 4) is 0 Å². The largest absolute Gasteiger partial charge is 0.464 e. The average Bonchev–Trinajstić information content (AvgIpc) is 3.04. The summed E-state index contributed by atoms with van der Waals surface area (Å²) >= 11 is 0. The lowest BCUT2D eigenvalue weighted by molar-refractivity contribution is -0.142. The number of nitrogen functional groups attached to an aromatic ring is 1. The summed E-state index contributed by atoms with van der Waals surface area (Å²) in [5, 5.41) is 3.62. The van der Waals surface area contributed by atoms with E-state index in [1.54, 1.807) is 0 Å². The first-order valence-electron chi connectivity index (χ1n) is 5.34. The van der Waals surface area contributed by atoms with Gasteiger partial charge in [0.25, 0.3) is 0 Å². The van der Waals surface area contributed by atoms with Crippen molar-refractivity contribution in [2.75, 3.05) is 12.8 Å². The monoisotopic (exact) mass is 263 g/mol. The predicted octanol–water partition coefficient (Wildman–Crippen LogP) is 1.69. The molecule has 100 valence electrons. The van der Waals surface area contributed by atoms with Crippen LogP contribution in [0.5, 0.6) is 0 Å². The smallest absolute Gasteiger partial charge is 0.408 e. The van der Waals surface area contributed by atoms with Gasteiger partial charge in [-0.15, -0.1) is 0 Å². The molecule has 1 aromatic heterocycles. The molecule has 1 aromatic rings. The Morgan fingerprint density at radius 3 is 2.61 bits per heavy atom. The third kappa shape index (κ3) is 2.41. The molecule has 1 saturated carbocycles. The second kappa shape index (κ2) is 4.18. The molecular formula is C10H12F3N3O2. The predicted molar refractivity (Wildman–Crippen MR) is 56.0 cm³/mol. The lowest BCUT2D eigenvalue weighted by atomic mass is 10.1. The molecule has 0 atom stereocenters. The van der Waals surface area contributed by atoms with Crippen LogP contribution in [0.1, 0.15) is 34.8 Å². The van der Waals surface area contributed by atoms with Gasteiger partial charge in [0.1, 0.15) is 12.4 Å². The number of nitrogens with zero attached hydrogens (tertiary/aromatic N) is 2. The van der Waals surface area contributed by atoms with Crippen LogP contribution >= 0.6 is 0 Å². The number of esters is 1. The first kappa shape index (κ1) is 12.7. The highest BCUT2D eigenvalue weighted by molar-refractivity contribution is 5.90. The van der Waals surface area contributed by atoms with Crippen LogP contribution in [0.4, 0.5) is 19.0 Å². The van der Waals surface area contributed by atoms with Crippen LogP contribution < -0.4 is 5.73 Å². The minimum Gasteiger partial charge on any atom is -0.464 e. The number of carbonyl (C=O) groups is 1. The van der Waals surface area contributed by atoms with Crippen LogP contribution in [-0.2, 0) is 11.3 Å². The van der Waals surface area contributed by atoms with Crippen molar-refractivity contribution < 1.29 is 22.7 Å². The van der Waals surface area contributed by atoms with E-state index in [1.807, 2.05) is 0 Å². The molecule has 1 heterocycles. The van der Waals surface area contributed by atoms with Crippen molar-refractivity contribution in [1.82, 2.24) is 9.78 Å². The Kier molecular flexibility index (Phi) is 2.95. The van der Waals surface area contributed by atoms with Crippen LogP contribution in [0.2, 0.25) is 0 Å². The summed E-state index contributed by atoms with van der Waals surface area (Å²) in [6.45, 7) is -1.31. The van der Waals surface area contributed by atoms with Gasteiger partial charge >= 0.3 is 12.1 Å². The molecule has 0 aromatic carbocycles. The number of alkyl halides is 3. The lowest BCUT2D eigenvalue weighted by Gasteiger charge is -2.07. The van der Waals surface area contributed by atoms with Gasteiger partial charge in [-0.1, -0.05) is 0 Å². The Balaban J connectivity index is 2.40. The normalized spacial score (nSPS) is 15.8. The average molecular weight is 263 g/mol. The van der Waals surface area contributed by atoms with Gasteiger partial charge in [-0.05, 0) is 18.8 Å². The number of carbonyl (C=O) groups excluding carboxylic acids is 1.